The smallest absolute Gasteiger partial charge is 0.180 e. The number of Topliss-reactive ketones (excluding diaryl/α,β-unsaturated/α-hetero) is 1. The van der Waals surface area contributed by atoms with Gasteiger partial charge in [0.25, 0.3) is 0 Å². The van der Waals surface area contributed by atoms with Crippen LogP contribution in [0.4, 0.5) is 0 Å². The van der Waals surface area contributed by atoms with Crippen molar-refractivity contribution in [2.24, 2.45) is 0 Å². The lowest BCUT2D eigenvalue weighted by molar-refractivity contribution is 0.0991. The van der Waals surface area contributed by atoms with Crippen LogP contribution in [0.3, 0.4) is 0 Å². The first-order chi connectivity index (χ1) is 7.10. The van der Waals surface area contributed by atoms with Crippen LogP contribution >= 0.6 is 11.6 Å². The number of carbonyl (C=O) groups is 1. The summed E-state index contributed by atoms with van der Waals surface area (Å²) < 4.78 is 0. The highest BCUT2D eigenvalue weighted by Gasteiger charge is 2.15. The van der Waals surface area contributed by atoms with Gasteiger partial charge < -0.3 is 0 Å². The molecule has 0 N–H and O–H groups in total. The monoisotopic (exact) mass is 224 g/mol. The van der Waals surface area contributed by atoms with Gasteiger partial charge in [0.05, 0.1) is 5.38 Å². The van der Waals surface area contributed by atoms with Crippen LogP contribution in [-0.2, 0) is 12.8 Å². The number of benzene rings is 1. The molecule has 0 saturated heterocycles. The van der Waals surface area contributed by atoms with Gasteiger partial charge in [-0.1, -0.05) is 26.0 Å². The fraction of sp³-hybridized carbons (Fsp3) is 0.462. The minimum Gasteiger partial charge on any atom is -0.293 e. The Morgan fingerprint density at radius 3 is 2.47 bits per heavy atom. The maximum Gasteiger partial charge on any atom is 0.180 e. The van der Waals surface area contributed by atoms with E-state index in [1.54, 1.807) is 6.92 Å². The highest BCUT2D eigenvalue weighted by Crippen LogP contribution is 2.17. The van der Waals surface area contributed by atoms with E-state index in [2.05, 4.69) is 19.9 Å². The lowest BCUT2D eigenvalue weighted by Crippen LogP contribution is -2.13. The molecule has 0 radical (unpaired) electrons. The molecule has 0 aliphatic rings. The van der Waals surface area contributed by atoms with Gasteiger partial charge in [-0.3, -0.25) is 4.79 Å². The van der Waals surface area contributed by atoms with Gasteiger partial charge in [0.2, 0.25) is 0 Å². The van der Waals surface area contributed by atoms with E-state index in [9.17, 15) is 4.79 Å². The molecule has 0 spiro atoms. The van der Waals surface area contributed by atoms with Crippen LogP contribution in [0, 0.1) is 0 Å². The van der Waals surface area contributed by atoms with Gasteiger partial charge in [-0.05, 0) is 37.0 Å². The van der Waals surface area contributed by atoms with Crippen molar-refractivity contribution < 1.29 is 4.79 Å². The Balaban J connectivity index is 3.17. The normalized spacial score (nSPS) is 12.5. The fourth-order valence-electron chi connectivity index (χ4n) is 1.60. The van der Waals surface area contributed by atoms with Crippen molar-refractivity contribution in [3.8, 4) is 0 Å². The Morgan fingerprint density at radius 2 is 2.00 bits per heavy atom. The van der Waals surface area contributed by atoms with E-state index in [1.165, 1.54) is 5.56 Å². The third kappa shape index (κ3) is 2.82. The second kappa shape index (κ2) is 5.32. The summed E-state index contributed by atoms with van der Waals surface area (Å²) in [7, 11) is 0. The molecule has 0 amide bonds. The summed E-state index contributed by atoms with van der Waals surface area (Å²) in [5, 5.41) is -0.442. The van der Waals surface area contributed by atoms with Gasteiger partial charge in [0, 0.05) is 5.56 Å². The average Bonchev–Trinajstić information content (AvgIpc) is 2.27. The molecule has 1 atom stereocenters. The first kappa shape index (κ1) is 12.3. The minimum atomic E-state index is -0.442. The van der Waals surface area contributed by atoms with Crippen LogP contribution < -0.4 is 0 Å². The molecule has 0 aromatic heterocycles. The molecule has 0 saturated carbocycles. The van der Waals surface area contributed by atoms with Gasteiger partial charge in [0.15, 0.2) is 5.78 Å². The highest BCUT2D eigenvalue weighted by molar-refractivity contribution is 6.33. The van der Waals surface area contributed by atoms with E-state index < -0.39 is 5.38 Å². The van der Waals surface area contributed by atoms with Crippen molar-refractivity contribution in [2.45, 2.75) is 39.0 Å². The first-order valence-corrected chi connectivity index (χ1v) is 5.83. The summed E-state index contributed by atoms with van der Waals surface area (Å²) in [6.07, 6.45) is 1.82. The number of alkyl halides is 1. The van der Waals surface area contributed by atoms with Crippen molar-refractivity contribution in [1.29, 1.82) is 0 Å². The summed E-state index contributed by atoms with van der Waals surface area (Å²) >= 11 is 5.84. The SMILES string of the molecule is CCc1ccc(CC)c(C(=O)C(C)Cl)c1. The van der Waals surface area contributed by atoms with Crippen molar-refractivity contribution >= 4 is 17.4 Å². The second-order valence-corrected chi connectivity index (χ2v) is 4.33. The maximum absolute atomic E-state index is 11.9. The molecule has 0 aliphatic carbocycles. The van der Waals surface area contributed by atoms with Crippen LogP contribution in [-0.4, -0.2) is 11.2 Å². The number of carbonyl (C=O) groups excluding carboxylic acids is 1. The zero-order chi connectivity index (χ0) is 11.4. The zero-order valence-electron chi connectivity index (χ0n) is 9.51. The van der Waals surface area contributed by atoms with E-state index >= 15 is 0 Å². The molecule has 0 fully saturated rings. The quantitative estimate of drug-likeness (QED) is 0.564. The molecule has 82 valence electrons. The number of ketones is 1. The summed E-state index contributed by atoms with van der Waals surface area (Å²) in [6, 6.07) is 6.08. The molecule has 15 heavy (non-hydrogen) atoms. The van der Waals surface area contributed by atoms with Crippen LogP contribution in [0.2, 0.25) is 0 Å². The number of halogens is 1. The Bertz CT molecular complexity index is 356. The van der Waals surface area contributed by atoms with Gasteiger partial charge in [0.1, 0.15) is 0 Å². The predicted molar refractivity (Wildman–Crippen MR) is 64.8 cm³/mol. The maximum atomic E-state index is 11.9. The van der Waals surface area contributed by atoms with Crippen LogP contribution in [0.1, 0.15) is 42.3 Å². The van der Waals surface area contributed by atoms with Crippen LogP contribution in [0.15, 0.2) is 18.2 Å². The Labute approximate surface area is 96.5 Å². The van der Waals surface area contributed by atoms with Crippen LogP contribution in [0.25, 0.3) is 0 Å². The summed E-state index contributed by atoms with van der Waals surface area (Å²) in [5.41, 5.74) is 3.07. The Morgan fingerprint density at radius 1 is 1.33 bits per heavy atom. The topological polar surface area (TPSA) is 17.1 Å². The molecule has 1 unspecified atom stereocenters. The minimum absolute atomic E-state index is 0.0313. The molecule has 0 heterocycles. The molecular weight excluding hydrogens is 208 g/mol. The Hall–Kier alpha value is -0.820. The van der Waals surface area contributed by atoms with E-state index in [0.717, 1.165) is 24.0 Å². The van der Waals surface area contributed by atoms with E-state index in [1.807, 2.05) is 12.1 Å². The lowest BCUT2D eigenvalue weighted by atomic mass is 9.97. The molecule has 1 aromatic rings. The molecule has 1 rings (SSSR count). The number of rotatable bonds is 4. The second-order valence-electron chi connectivity index (χ2n) is 3.68. The standard InChI is InChI=1S/C13H17ClO/c1-4-10-6-7-11(5-2)12(8-10)13(15)9(3)14/h6-9H,4-5H2,1-3H3. The largest absolute Gasteiger partial charge is 0.293 e. The predicted octanol–water partition coefficient (Wildman–Crippen LogP) is 3.62. The number of hydrogen-bond acceptors (Lipinski definition) is 1. The molecule has 0 aliphatic heterocycles. The van der Waals surface area contributed by atoms with E-state index in [-0.39, 0.29) is 5.78 Å². The average molecular weight is 225 g/mol. The van der Waals surface area contributed by atoms with E-state index in [0.29, 0.717) is 0 Å². The number of aryl methyl sites for hydroxylation is 2. The van der Waals surface area contributed by atoms with Crippen molar-refractivity contribution in [1.82, 2.24) is 0 Å². The van der Waals surface area contributed by atoms with Gasteiger partial charge in [-0.2, -0.15) is 0 Å². The Kier molecular flexibility index (Phi) is 4.34. The molecule has 1 aromatic carbocycles. The molecule has 0 bridgehead atoms. The van der Waals surface area contributed by atoms with Crippen molar-refractivity contribution in [3.63, 3.8) is 0 Å². The zero-order valence-corrected chi connectivity index (χ0v) is 10.3. The molecule has 2 heteroatoms. The summed E-state index contributed by atoms with van der Waals surface area (Å²) in [5.74, 6) is 0.0313. The van der Waals surface area contributed by atoms with E-state index in [4.69, 9.17) is 11.6 Å². The van der Waals surface area contributed by atoms with Crippen LogP contribution in [0.5, 0.6) is 0 Å². The van der Waals surface area contributed by atoms with Gasteiger partial charge in [-0.15, -0.1) is 11.6 Å². The molecule has 1 nitrogen and oxygen atoms in total. The van der Waals surface area contributed by atoms with Crippen molar-refractivity contribution in [3.05, 3.63) is 34.9 Å². The first-order valence-electron chi connectivity index (χ1n) is 5.40. The summed E-state index contributed by atoms with van der Waals surface area (Å²) in [4.78, 5) is 11.9. The lowest BCUT2D eigenvalue weighted by Gasteiger charge is -2.10. The number of hydrogen-bond donors (Lipinski definition) is 0. The fourth-order valence-corrected chi connectivity index (χ4v) is 1.71. The third-order valence-corrected chi connectivity index (χ3v) is 2.79. The highest BCUT2D eigenvalue weighted by atomic mass is 35.5. The van der Waals surface area contributed by atoms with Crippen molar-refractivity contribution in [2.75, 3.05) is 0 Å². The van der Waals surface area contributed by atoms with Gasteiger partial charge in [-0.25, -0.2) is 0 Å². The van der Waals surface area contributed by atoms with Gasteiger partial charge >= 0.3 is 0 Å². The summed E-state index contributed by atoms with van der Waals surface area (Å²) in [6.45, 7) is 5.86. The molecular formula is C13H17ClO. The third-order valence-electron chi connectivity index (χ3n) is 2.59.